The standard InChI is InChI=1S/C13H10ClF3N2OS/c1-21-12-18-6-9(11(14)19-12)10(20)7-2-4-8(5-3-7)13(15,16)17/h2-6,10,20H,1H3. The molecule has 0 aliphatic carbocycles. The molecule has 3 nitrogen and oxygen atoms in total. The number of rotatable bonds is 3. The van der Waals surface area contributed by atoms with Crippen LogP contribution in [0.1, 0.15) is 22.8 Å². The number of halogens is 4. The van der Waals surface area contributed by atoms with Crippen LogP contribution in [0.3, 0.4) is 0 Å². The molecule has 0 saturated heterocycles. The van der Waals surface area contributed by atoms with Gasteiger partial charge < -0.3 is 5.11 Å². The topological polar surface area (TPSA) is 46.0 Å². The molecule has 0 radical (unpaired) electrons. The average molecular weight is 335 g/mol. The molecule has 21 heavy (non-hydrogen) atoms. The number of hydrogen-bond donors (Lipinski definition) is 1. The van der Waals surface area contributed by atoms with Gasteiger partial charge in [-0.1, -0.05) is 35.5 Å². The Bertz CT molecular complexity index is 634. The van der Waals surface area contributed by atoms with Crippen molar-refractivity contribution >= 4 is 23.4 Å². The molecule has 0 bridgehead atoms. The largest absolute Gasteiger partial charge is 0.416 e. The summed E-state index contributed by atoms with van der Waals surface area (Å²) in [6, 6.07) is 4.21. The summed E-state index contributed by atoms with van der Waals surface area (Å²) in [5.74, 6) is 0. The smallest absolute Gasteiger partial charge is 0.383 e. The number of aliphatic hydroxyl groups is 1. The molecule has 1 atom stereocenters. The Morgan fingerprint density at radius 1 is 1.24 bits per heavy atom. The van der Waals surface area contributed by atoms with Gasteiger partial charge in [-0.3, -0.25) is 0 Å². The quantitative estimate of drug-likeness (QED) is 0.524. The van der Waals surface area contributed by atoms with E-state index in [-0.39, 0.29) is 16.3 Å². The summed E-state index contributed by atoms with van der Waals surface area (Å²) in [6.45, 7) is 0. The van der Waals surface area contributed by atoms with Crippen molar-refractivity contribution in [2.24, 2.45) is 0 Å². The van der Waals surface area contributed by atoms with E-state index >= 15 is 0 Å². The van der Waals surface area contributed by atoms with Crippen molar-refractivity contribution < 1.29 is 18.3 Å². The van der Waals surface area contributed by atoms with Crippen LogP contribution in [0.5, 0.6) is 0 Å². The fourth-order valence-corrected chi connectivity index (χ4v) is 2.29. The molecule has 0 saturated carbocycles. The summed E-state index contributed by atoms with van der Waals surface area (Å²) in [6.07, 6.45) is -2.46. The second-order valence-corrected chi connectivity index (χ2v) is 5.26. The Morgan fingerprint density at radius 2 is 1.86 bits per heavy atom. The van der Waals surface area contributed by atoms with Crippen molar-refractivity contribution in [3.8, 4) is 0 Å². The number of aromatic nitrogens is 2. The zero-order valence-electron chi connectivity index (χ0n) is 10.7. The highest BCUT2D eigenvalue weighted by atomic mass is 35.5. The maximum Gasteiger partial charge on any atom is 0.416 e. The van der Waals surface area contributed by atoms with Crippen LogP contribution in [0, 0.1) is 0 Å². The lowest BCUT2D eigenvalue weighted by atomic mass is 10.0. The molecule has 2 rings (SSSR count). The highest BCUT2D eigenvalue weighted by Gasteiger charge is 2.30. The summed E-state index contributed by atoms with van der Waals surface area (Å²) in [5, 5.41) is 10.7. The lowest BCUT2D eigenvalue weighted by molar-refractivity contribution is -0.137. The number of benzene rings is 1. The lowest BCUT2D eigenvalue weighted by Crippen LogP contribution is -2.07. The molecule has 1 aromatic carbocycles. The van der Waals surface area contributed by atoms with Gasteiger partial charge in [0.25, 0.3) is 0 Å². The molecule has 1 heterocycles. The van der Waals surface area contributed by atoms with Gasteiger partial charge in [-0.15, -0.1) is 0 Å². The number of nitrogens with zero attached hydrogens (tertiary/aromatic N) is 2. The SMILES string of the molecule is CSc1ncc(C(O)c2ccc(C(F)(F)F)cc2)c(Cl)n1. The van der Waals surface area contributed by atoms with E-state index in [0.717, 1.165) is 12.1 Å². The molecule has 0 fully saturated rings. The molecule has 0 aliphatic heterocycles. The molecule has 0 spiro atoms. The van der Waals surface area contributed by atoms with E-state index in [9.17, 15) is 18.3 Å². The zero-order chi connectivity index (χ0) is 15.6. The molecule has 2 aromatic rings. The van der Waals surface area contributed by atoms with Crippen LogP contribution in [0.25, 0.3) is 0 Å². The van der Waals surface area contributed by atoms with E-state index in [4.69, 9.17) is 11.6 Å². The highest BCUT2D eigenvalue weighted by molar-refractivity contribution is 7.98. The normalized spacial score (nSPS) is 13.2. The molecule has 0 aliphatic rings. The Balaban J connectivity index is 2.30. The Kier molecular flexibility index (Phi) is 4.75. The van der Waals surface area contributed by atoms with E-state index in [1.165, 1.54) is 30.1 Å². The Hall–Kier alpha value is -1.31. The van der Waals surface area contributed by atoms with Gasteiger partial charge in [0.15, 0.2) is 5.16 Å². The first-order chi connectivity index (χ1) is 9.82. The molecular formula is C13H10ClF3N2OS. The second-order valence-electron chi connectivity index (χ2n) is 4.13. The maximum atomic E-state index is 12.5. The fourth-order valence-electron chi connectivity index (χ4n) is 1.67. The predicted molar refractivity (Wildman–Crippen MR) is 74.3 cm³/mol. The van der Waals surface area contributed by atoms with Crippen LogP contribution in [0.4, 0.5) is 13.2 Å². The van der Waals surface area contributed by atoms with Crippen LogP contribution in [0.2, 0.25) is 5.15 Å². The fraction of sp³-hybridized carbons (Fsp3) is 0.231. The van der Waals surface area contributed by atoms with Crippen LogP contribution in [0.15, 0.2) is 35.6 Å². The second kappa shape index (κ2) is 6.21. The van der Waals surface area contributed by atoms with Crippen molar-refractivity contribution in [1.82, 2.24) is 9.97 Å². The Labute approximate surface area is 128 Å². The van der Waals surface area contributed by atoms with E-state index in [1.807, 2.05) is 0 Å². The summed E-state index contributed by atoms with van der Waals surface area (Å²) < 4.78 is 37.5. The van der Waals surface area contributed by atoms with E-state index in [2.05, 4.69) is 9.97 Å². The first-order valence-electron chi connectivity index (χ1n) is 5.74. The summed E-state index contributed by atoms with van der Waals surface area (Å²) >= 11 is 7.24. The minimum Gasteiger partial charge on any atom is -0.383 e. The molecule has 8 heteroatoms. The molecular weight excluding hydrogens is 325 g/mol. The van der Waals surface area contributed by atoms with Gasteiger partial charge in [-0.2, -0.15) is 13.2 Å². The third-order valence-corrected chi connectivity index (χ3v) is 3.64. The number of hydrogen-bond acceptors (Lipinski definition) is 4. The first kappa shape index (κ1) is 16.1. The summed E-state index contributed by atoms with van der Waals surface area (Å²) in [5.41, 5.74) is -0.252. The average Bonchev–Trinajstić information content (AvgIpc) is 2.45. The van der Waals surface area contributed by atoms with E-state index < -0.39 is 17.8 Å². The van der Waals surface area contributed by atoms with Crippen molar-refractivity contribution in [3.05, 3.63) is 52.3 Å². The van der Waals surface area contributed by atoms with Crippen molar-refractivity contribution in [2.75, 3.05) is 6.26 Å². The van der Waals surface area contributed by atoms with Crippen LogP contribution in [-0.2, 0) is 6.18 Å². The van der Waals surface area contributed by atoms with Gasteiger partial charge in [0, 0.05) is 11.8 Å². The molecule has 1 N–H and O–H groups in total. The molecule has 1 aromatic heterocycles. The minimum absolute atomic E-state index is 0.0711. The van der Waals surface area contributed by atoms with Gasteiger partial charge in [0.1, 0.15) is 11.3 Å². The molecule has 112 valence electrons. The summed E-state index contributed by atoms with van der Waals surface area (Å²) in [4.78, 5) is 7.96. The summed E-state index contributed by atoms with van der Waals surface area (Å²) in [7, 11) is 0. The Morgan fingerprint density at radius 3 is 2.33 bits per heavy atom. The number of thioether (sulfide) groups is 1. The van der Waals surface area contributed by atoms with Gasteiger partial charge in [-0.25, -0.2) is 9.97 Å². The van der Waals surface area contributed by atoms with E-state index in [1.54, 1.807) is 6.26 Å². The third kappa shape index (κ3) is 3.66. The monoisotopic (exact) mass is 334 g/mol. The van der Waals surface area contributed by atoms with Crippen molar-refractivity contribution in [3.63, 3.8) is 0 Å². The van der Waals surface area contributed by atoms with Gasteiger partial charge in [0.05, 0.1) is 5.56 Å². The lowest BCUT2D eigenvalue weighted by Gasteiger charge is -2.14. The maximum absolute atomic E-state index is 12.5. The van der Waals surface area contributed by atoms with Crippen molar-refractivity contribution in [1.29, 1.82) is 0 Å². The first-order valence-corrected chi connectivity index (χ1v) is 7.35. The van der Waals surface area contributed by atoms with Gasteiger partial charge in [-0.05, 0) is 24.0 Å². The van der Waals surface area contributed by atoms with E-state index in [0.29, 0.717) is 5.16 Å². The van der Waals surface area contributed by atoms with Crippen LogP contribution in [-0.4, -0.2) is 21.3 Å². The molecule has 0 amide bonds. The van der Waals surface area contributed by atoms with Crippen LogP contribution < -0.4 is 0 Å². The third-order valence-electron chi connectivity index (χ3n) is 2.78. The van der Waals surface area contributed by atoms with Crippen LogP contribution >= 0.6 is 23.4 Å². The van der Waals surface area contributed by atoms with Gasteiger partial charge >= 0.3 is 6.18 Å². The van der Waals surface area contributed by atoms with Gasteiger partial charge in [0.2, 0.25) is 0 Å². The number of alkyl halides is 3. The van der Waals surface area contributed by atoms with Crippen molar-refractivity contribution in [2.45, 2.75) is 17.4 Å². The number of aliphatic hydroxyl groups excluding tert-OH is 1. The minimum atomic E-state index is -4.41. The zero-order valence-corrected chi connectivity index (χ0v) is 12.3. The molecule has 1 unspecified atom stereocenters. The highest BCUT2D eigenvalue weighted by Crippen LogP contribution is 2.32. The predicted octanol–water partition coefficient (Wildman–Crippen LogP) is 3.95.